The summed E-state index contributed by atoms with van der Waals surface area (Å²) in [5.74, 6) is 0.638. The first-order valence-electron chi connectivity index (χ1n) is 15.2. The maximum Gasteiger partial charge on any atom is 0.227 e. The van der Waals surface area contributed by atoms with Gasteiger partial charge in [0, 0.05) is 43.9 Å². The van der Waals surface area contributed by atoms with Crippen molar-refractivity contribution < 1.29 is 4.42 Å². The van der Waals surface area contributed by atoms with Gasteiger partial charge in [-0.2, -0.15) is 0 Å². The summed E-state index contributed by atoms with van der Waals surface area (Å²) < 4.78 is 8.75. The Labute approximate surface area is 257 Å². The van der Waals surface area contributed by atoms with Crippen molar-refractivity contribution in [1.82, 2.24) is 14.5 Å². The molecule has 0 amide bonds. The van der Waals surface area contributed by atoms with Gasteiger partial charge in [-0.3, -0.25) is 0 Å². The smallest absolute Gasteiger partial charge is 0.227 e. The van der Waals surface area contributed by atoms with Gasteiger partial charge in [-0.1, -0.05) is 97.1 Å². The number of H-pyrrole nitrogens is 1. The quantitative estimate of drug-likeness (QED) is 0.228. The van der Waals surface area contributed by atoms with E-state index in [2.05, 4.69) is 119 Å². The third-order valence-electron chi connectivity index (χ3n) is 9.14. The van der Waals surface area contributed by atoms with E-state index in [9.17, 15) is 0 Å². The Morgan fingerprint density at radius 2 is 1.33 bits per heavy atom. The van der Waals surface area contributed by atoms with Gasteiger partial charge in [-0.15, -0.1) is 0 Å². The van der Waals surface area contributed by atoms with E-state index in [0.717, 1.165) is 44.5 Å². The largest absolute Gasteiger partial charge is 0.435 e. The number of benzene rings is 7. The van der Waals surface area contributed by atoms with Crippen molar-refractivity contribution in [1.29, 1.82) is 0 Å². The van der Waals surface area contributed by atoms with E-state index in [4.69, 9.17) is 9.40 Å². The van der Waals surface area contributed by atoms with Gasteiger partial charge in [0.25, 0.3) is 0 Å². The van der Waals surface area contributed by atoms with Crippen LogP contribution in [0.25, 0.3) is 93.8 Å². The highest BCUT2D eigenvalue weighted by Gasteiger charge is 2.18. The van der Waals surface area contributed by atoms with Crippen LogP contribution in [0.5, 0.6) is 0 Å². The molecular weight excluding hydrogens is 550 g/mol. The molecule has 0 fully saturated rings. The van der Waals surface area contributed by atoms with Crippen LogP contribution in [0.1, 0.15) is 0 Å². The minimum absolute atomic E-state index is 0.638. The van der Waals surface area contributed by atoms with Gasteiger partial charge < -0.3 is 14.0 Å². The fraction of sp³-hybridized carbons (Fsp3) is 0. The molecule has 10 rings (SSSR count). The number of oxazole rings is 1. The Balaban J connectivity index is 1.15. The molecule has 0 saturated carbocycles. The standard InChI is InChI=1S/C41H25N3O/c1-2-9-25(10-3-1)41-43-36-15-8-13-30(40(36)45-41)28-18-17-27-24-29(20-19-26(27)23-28)44-37-16-7-5-12-32(37)34-22-21-33-31-11-4-6-14-35(31)42-38(33)39(34)44/h1-24,42H. The molecule has 210 valence electrons. The van der Waals surface area contributed by atoms with Crippen molar-refractivity contribution in [2.45, 2.75) is 0 Å². The summed E-state index contributed by atoms with van der Waals surface area (Å²) in [7, 11) is 0. The first kappa shape index (κ1) is 24.3. The Bertz CT molecular complexity index is 2760. The van der Waals surface area contributed by atoms with Crippen LogP contribution in [0.3, 0.4) is 0 Å². The summed E-state index contributed by atoms with van der Waals surface area (Å²) in [5.41, 5.74) is 10.6. The van der Waals surface area contributed by atoms with E-state index in [1.165, 1.54) is 43.4 Å². The fourth-order valence-electron chi connectivity index (χ4n) is 7.06. The lowest BCUT2D eigenvalue weighted by Crippen LogP contribution is -1.94. The predicted octanol–water partition coefficient (Wildman–Crippen LogP) is 11.0. The van der Waals surface area contributed by atoms with Gasteiger partial charge in [-0.05, 0) is 64.9 Å². The molecular formula is C41H25N3O. The van der Waals surface area contributed by atoms with Crippen LogP contribution in [0.2, 0.25) is 0 Å². The Kier molecular flexibility index (Phi) is 4.96. The molecule has 0 saturated heterocycles. The van der Waals surface area contributed by atoms with Crippen molar-refractivity contribution in [2.24, 2.45) is 0 Å². The number of hydrogen-bond acceptors (Lipinski definition) is 2. The maximum absolute atomic E-state index is 6.34. The zero-order valence-corrected chi connectivity index (χ0v) is 24.2. The summed E-state index contributed by atoms with van der Waals surface area (Å²) >= 11 is 0. The Morgan fingerprint density at radius 3 is 2.27 bits per heavy atom. The normalized spacial score (nSPS) is 12.0. The number of nitrogens with one attached hydrogen (secondary N) is 1. The van der Waals surface area contributed by atoms with Gasteiger partial charge in [0.2, 0.25) is 5.89 Å². The van der Waals surface area contributed by atoms with E-state index < -0.39 is 0 Å². The predicted molar refractivity (Wildman–Crippen MR) is 186 cm³/mol. The number of aromatic nitrogens is 3. The molecule has 4 nitrogen and oxygen atoms in total. The van der Waals surface area contributed by atoms with E-state index in [-0.39, 0.29) is 0 Å². The zero-order valence-electron chi connectivity index (χ0n) is 24.2. The van der Waals surface area contributed by atoms with Crippen molar-refractivity contribution in [2.75, 3.05) is 0 Å². The second-order valence-corrected chi connectivity index (χ2v) is 11.7. The highest BCUT2D eigenvalue weighted by Crippen LogP contribution is 2.40. The number of rotatable bonds is 3. The summed E-state index contributed by atoms with van der Waals surface area (Å²) in [6.45, 7) is 0. The molecule has 3 heterocycles. The summed E-state index contributed by atoms with van der Waals surface area (Å²) in [4.78, 5) is 8.53. The maximum atomic E-state index is 6.34. The van der Waals surface area contributed by atoms with Gasteiger partial charge in [0.05, 0.1) is 16.6 Å². The van der Waals surface area contributed by atoms with Gasteiger partial charge in [0.1, 0.15) is 5.52 Å². The summed E-state index contributed by atoms with van der Waals surface area (Å²) in [6.07, 6.45) is 0. The van der Waals surface area contributed by atoms with Crippen LogP contribution in [0, 0.1) is 0 Å². The zero-order chi connectivity index (χ0) is 29.5. The summed E-state index contributed by atoms with van der Waals surface area (Å²) in [6, 6.07) is 51.4. The lowest BCUT2D eigenvalue weighted by Gasteiger charge is -2.11. The lowest BCUT2D eigenvalue weighted by molar-refractivity contribution is 0.621. The van der Waals surface area contributed by atoms with Gasteiger partial charge in [0.15, 0.2) is 5.58 Å². The summed E-state index contributed by atoms with van der Waals surface area (Å²) in [5, 5.41) is 7.33. The van der Waals surface area contributed by atoms with Gasteiger partial charge in [-0.25, -0.2) is 4.98 Å². The second-order valence-electron chi connectivity index (χ2n) is 11.7. The monoisotopic (exact) mass is 575 g/mol. The SMILES string of the molecule is c1ccc(-c2nc3cccc(-c4ccc5cc(-n6c7ccccc7c7ccc8c9ccccc9[nH]c8c76)ccc5c4)c3o2)cc1. The first-order valence-corrected chi connectivity index (χ1v) is 15.2. The topological polar surface area (TPSA) is 46.8 Å². The highest BCUT2D eigenvalue weighted by atomic mass is 16.3. The van der Waals surface area contributed by atoms with Crippen LogP contribution in [-0.2, 0) is 0 Å². The molecule has 0 spiro atoms. The average molecular weight is 576 g/mol. The molecule has 0 unspecified atom stereocenters. The first-order chi connectivity index (χ1) is 22.3. The van der Waals surface area contributed by atoms with Crippen LogP contribution in [0.4, 0.5) is 0 Å². The number of aromatic amines is 1. The molecule has 3 aromatic heterocycles. The number of fused-ring (bicyclic) bond motifs is 9. The molecule has 0 aliphatic rings. The number of para-hydroxylation sites is 3. The molecule has 0 aliphatic carbocycles. The molecule has 0 aliphatic heterocycles. The van der Waals surface area contributed by atoms with E-state index in [1.54, 1.807) is 0 Å². The van der Waals surface area contributed by atoms with E-state index in [1.807, 2.05) is 36.4 Å². The average Bonchev–Trinajstić information content (AvgIpc) is 3.80. The minimum atomic E-state index is 0.638. The molecule has 0 atom stereocenters. The van der Waals surface area contributed by atoms with Crippen LogP contribution < -0.4 is 0 Å². The van der Waals surface area contributed by atoms with Crippen molar-refractivity contribution in [3.63, 3.8) is 0 Å². The molecule has 10 aromatic rings. The van der Waals surface area contributed by atoms with Crippen molar-refractivity contribution >= 4 is 65.5 Å². The lowest BCUT2D eigenvalue weighted by atomic mass is 10.00. The van der Waals surface area contributed by atoms with E-state index >= 15 is 0 Å². The highest BCUT2D eigenvalue weighted by molar-refractivity contribution is 6.22. The molecule has 7 aromatic carbocycles. The second kappa shape index (κ2) is 9.18. The third kappa shape index (κ3) is 3.57. The van der Waals surface area contributed by atoms with Crippen molar-refractivity contribution in [3.8, 4) is 28.3 Å². The molecule has 1 N–H and O–H groups in total. The third-order valence-corrected chi connectivity index (χ3v) is 9.14. The number of nitrogens with zero attached hydrogens (tertiary/aromatic N) is 2. The number of hydrogen-bond donors (Lipinski definition) is 1. The minimum Gasteiger partial charge on any atom is -0.435 e. The van der Waals surface area contributed by atoms with E-state index in [0.29, 0.717) is 5.89 Å². The molecule has 0 bridgehead atoms. The van der Waals surface area contributed by atoms with Crippen molar-refractivity contribution in [3.05, 3.63) is 146 Å². The molecule has 0 radical (unpaired) electrons. The van der Waals surface area contributed by atoms with Crippen LogP contribution in [-0.4, -0.2) is 14.5 Å². The van der Waals surface area contributed by atoms with Gasteiger partial charge >= 0.3 is 0 Å². The van der Waals surface area contributed by atoms with Crippen LogP contribution >= 0.6 is 0 Å². The Hall–Kier alpha value is -6.13. The molecule has 4 heteroatoms. The van der Waals surface area contributed by atoms with Crippen LogP contribution in [0.15, 0.2) is 150 Å². The fourth-order valence-corrected chi connectivity index (χ4v) is 7.06. The molecule has 45 heavy (non-hydrogen) atoms. The Morgan fingerprint density at radius 1 is 0.556 bits per heavy atom.